The van der Waals surface area contributed by atoms with Crippen molar-refractivity contribution in [3.8, 4) is 0 Å². The lowest BCUT2D eigenvalue weighted by Crippen LogP contribution is -2.19. The molecule has 12 heavy (non-hydrogen) atoms. The lowest BCUT2D eigenvalue weighted by atomic mass is 9.81. The van der Waals surface area contributed by atoms with Gasteiger partial charge in [-0.25, -0.2) is 0 Å². The van der Waals surface area contributed by atoms with Crippen LogP contribution < -0.4 is 0 Å². The summed E-state index contributed by atoms with van der Waals surface area (Å²) in [6, 6.07) is 0. The molecule has 3 nitrogen and oxygen atoms in total. The van der Waals surface area contributed by atoms with Gasteiger partial charge in [0, 0.05) is 0 Å². The first-order chi connectivity index (χ1) is 5.81. The molecule has 0 aromatic rings. The van der Waals surface area contributed by atoms with E-state index < -0.39 is 14.8 Å². The molecule has 0 aromatic heterocycles. The second-order valence-electron chi connectivity index (χ2n) is 2.95. The number of rotatable bonds is 8. The highest BCUT2D eigenvalue weighted by Crippen LogP contribution is 2.06. The summed E-state index contributed by atoms with van der Waals surface area (Å²) >= 11 is 0. The third-order valence-corrected chi connectivity index (χ3v) is 1.82. The second-order valence-corrected chi connectivity index (χ2v) is 2.95. The van der Waals surface area contributed by atoms with E-state index >= 15 is 0 Å². The summed E-state index contributed by atoms with van der Waals surface area (Å²) in [5.41, 5.74) is 0. The van der Waals surface area contributed by atoms with Gasteiger partial charge in [-0.2, -0.15) is 0 Å². The van der Waals surface area contributed by atoms with Gasteiger partial charge in [-0.3, -0.25) is 0 Å². The van der Waals surface area contributed by atoms with E-state index in [1.54, 1.807) is 0 Å². The van der Waals surface area contributed by atoms with Crippen molar-refractivity contribution in [2.75, 3.05) is 0 Å². The zero-order valence-electron chi connectivity index (χ0n) is 7.83. The lowest BCUT2D eigenvalue weighted by molar-refractivity contribution is 0.376. The van der Waals surface area contributed by atoms with Gasteiger partial charge in [0.25, 0.3) is 0 Å². The van der Waals surface area contributed by atoms with Crippen LogP contribution in [0.15, 0.2) is 0 Å². The van der Waals surface area contributed by atoms with Crippen LogP contribution in [0, 0.1) is 0 Å². The Bertz CT molecular complexity index is 92.7. The van der Waals surface area contributed by atoms with Crippen LogP contribution in [0.1, 0.15) is 39.0 Å². The molecule has 0 fully saturated rings. The number of hydrogen-bond acceptors (Lipinski definition) is 3. The Morgan fingerprint density at radius 1 is 1.25 bits per heavy atom. The molecule has 0 rings (SSSR count). The Hall–Kier alpha value is 0.00987. The first-order valence-electron chi connectivity index (χ1n) is 4.71. The number of unbranched alkanes of at least 4 members (excludes halogenated alkanes) is 4. The van der Waals surface area contributed by atoms with Gasteiger partial charge < -0.3 is 14.6 Å². The van der Waals surface area contributed by atoms with E-state index in [2.05, 4.69) is 11.5 Å². The SMILES string of the molecule is CCCCCCCB(O)OBO. The second kappa shape index (κ2) is 9.10. The molecule has 0 saturated carbocycles. The highest BCUT2D eigenvalue weighted by molar-refractivity contribution is 6.49. The van der Waals surface area contributed by atoms with Crippen molar-refractivity contribution in [1.82, 2.24) is 0 Å². The van der Waals surface area contributed by atoms with Crippen LogP contribution in [0.4, 0.5) is 0 Å². The fourth-order valence-corrected chi connectivity index (χ4v) is 1.09. The zero-order valence-corrected chi connectivity index (χ0v) is 7.83. The topological polar surface area (TPSA) is 49.7 Å². The van der Waals surface area contributed by atoms with Crippen molar-refractivity contribution in [2.45, 2.75) is 45.3 Å². The van der Waals surface area contributed by atoms with Gasteiger partial charge in [-0.05, 0) is 6.32 Å². The van der Waals surface area contributed by atoms with Crippen molar-refractivity contribution < 1.29 is 14.6 Å². The molecule has 0 aliphatic heterocycles. The first-order valence-corrected chi connectivity index (χ1v) is 4.71. The lowest BCUT2D eigenvalue weighted by Gasteiger charge is -2.04. The fourth-order valence-electron chi connectivity index (χ4n) is 1.09. The molecule has 0 bridgehead atoms. The summed E-state index contributed by atoms with van der Waals surface area (Å²) in [5, 5.41) is 17.3. The van der Waals surface area contributed by atoms with Gasteiger partial charge in [-0.1, -0.05) is 39.0 Å². The molecule has 0 heterocycles. The Kier molecular flexibility index (Phi) is 9.11. The minimum absolute atomic E-state index is 0.393. The van der Waals surface area contributed by atoms with Gasteiger partial charge in [0.2, 0.25) is 0 Å². The van der Waals surface area contributed by atoms with E-state index in [1.165, 1.54) is 19.3 Å². The molecule has 0 aliphatic rings. The van der Waals surface area contributed by atoms with Crippen LogP contribution >= 0.6 is 0 Å². The molecule has 0 aromatic carbocycles. The number of hydrogen-bond donors (Lipinski definition) is 2. The van der Waals surface area contributed by atoms with Gasteiger partial charge in [0.15, 0.2) is 0 Å². The smallest absolute Gasteiger partial charge is 0.440 e. The highest BCUT2D eigenvalue weighted by atomic mass is 16.5. The van der Waals surface area contributed by atoms with Crippen LogP contribution in [0.2, 0.25) is 6.32 Å². The van der Waals surface area contributed by atoms with Crippen LogP contribution in [0.25, 0.3) is 0 Å². The third-order valence-electron chi connectivity index (χ3n) is 1.82. The van der Waals surface area contributed by atoms with Crippen molar-refractivity contribution >= 4 is 14.8 Å². The molecular formula is C7H18B2O3. The maximum absolute atomic E-state index is 9.02. The quantitative estimate of drug-likeness (QED) is 0.418. The van der Waals surface area contributed by atoms with Gasteiger partial charge >= 0.3 is 14.8 Å². The van der Waals surface area contributed by atoms with Crippen LogP contribution in [-0.2, 0) is 4.57 Å². The molecule has 0 unspecified atom stereocenters. The predicted molar refractivity (Wildman–Crippen MR) is 52.0 cm³/mol. The maximum Gasteiger partial charge on any atom is 0.440 e. The Morgan fingerprint density at radius 2 is 1.92 bits per heavy atom. The van der Waals surface area contributed by atoms with Crippen LogP contribution in [0.3, 0.4) is 0 Å². The molecule has 0 atom stereocenters. The summed E-state index contributed by atoms with van der Waals surface area (Å²) in [6.45, 7) is 2.17. The van der Waals surface area contributed by atoms with Crippen molar-refractivity contribution in [2.24, 2.45) is 0 Å². The Balaban J connectivity index is 2.97. The first kappa shape index (κ1) is 12.0. The van der Waals surface area contributed by atoms with E-state index in [1.807, 2.05) is 0 Å². The summed E-state index contributed by atoms with van der Waals surface area (Å²) in [5.74, 6) is 0. The Morgan fingerprint density at radius 3 is 2.50 bits per heavy atom. The average Bonchev–Trinajstić information content (AvgIpc) is 2.05. The molecule has 0 spiro atoms. The Labute approximate surface area is 75.6 Å². The van der Waals surface area contributed by atoms with Gasteiger partial charge in [0.05, 0.1) is 0 Å². The van der Waals surface area contributed by atoms with Crippen LogP contribution in [0.5, 0.6) is 0 Å². The molecule has 0 amide bonds. The molecular weight excluding hydrogens is 154 g/mol. The molecule has 0 radical (unpaired) electrons. The monoisotopic (exact) mass is 172 g/mol. The van der Waals surface area contributed by atoms with E-state index in [0.717, 1.165) is 12.8 Å². The average molecular weight is 172 g/mol. The molecule has 0 saturated heterocycles. The predicted octanol–water partition coefficient (Wildman–Crippen LogP) is 0.713. The standard InChI is InChI=1S/C7H18B2O3/c1-2-3-4-5-6-7-9(11)12-8-10/h8,10-11H,2-7H2,1H3. The van der Waals surface area contributed by atoms with Crippen molar-refractivity contribution in [1.29, 1.82) is 0 Å². The van der Waals surface area contributed by atoms with Crippen molar-refractivity contribution in [3.63, 3.8) is 0 Å². The van der Waals surface area contributed by atoms with Gasteiger partial charge in [0.1, 0.15) is 0 Å². The summed E-state index contributed by atoms with van der Waals surface area (Å²) in [7, 11) is -1.17. The fraction of sp³-hybridized carbons (Fsp3) is 1.00. The summed E-state index contributed by atoms with van der Waals surface area (Å²) < 4.78 is 4.56. The molecule has 0 aliphatic carbocycles. The van der Waals surface area contributed by atoms with E-state index in [4.69, 9.17) is 10.0 Å². The maximum atomic E-state index is 9.02. The minimum atomic E-state index is -0.781. The largest absolute Gasteiger partial charge is 0.454 e. The molecule has 2 N–H and O–H groups in total. The summed E-state index contributed by atoms with van der Waals surface area (Å²) in [6.07, 6.45) is 6.46. The minimum Gasteiger partial charge on any atom is -0.454 e. The normalized spacial score (nSPS) is 9.92. The van der Waals surface area contributed by atoms with Crippen LogP contribution in [-0.4, -0.2) is 24.9 Å². The van der Waals surface area contributed by atoms with Crippen molar-refractivity contribution in [3.05, 3.63) is 0 Å². The third kappa shape index (κ3) is 8.11. The molecule has 70 valence electrons. The highest BCUT2D eigenvalue weighted by Gasteiger charge is 2.10. The summed E-state index contributed by atoms with van der Waals surface area (Å²) in [4.78, 5) is 0. The van der Waals surface area contributed by atoms with E-state index in [-0.39, 0.29) is 0 Å². The van der Waals surface area contributed by atoms with Gasteiger partial charge in [-0.15, -0.1) is 0 Å². The zero-order chi connectivity index (χ0) is 9.23. The molecule has 5 heteroatoms. The van der Waals surface area contributed by atoms with E-state index in [0.29, 0.717) is 6.32 Å². The van der Waals surface area contributed by atoms with E-state index in [9.17, 15) is 0 Å².